The summed E-state index contributed by atoms with van der Waals surface area (Å²) in [5, 5.41) is 3.25. The maximum Gasteiger partial charge on any atom is 0.238 e. The number of carbonyl (C=O) groups is 1. The zero-order chi connectivity index (χ0) is 16.2. The molecule has 122 valence electrons. The molecular weight excluding hydrogens is 304 g/mol. The average molecular weight is 326 g/mol. The van der Waals surface area contributed by atoms with E-state index in [0.29, 0.717) is 25.4 Å². The van der Waals surface area contributed by atoms with Crippen molar-refractivity contribution in [3.63, 3.8) is 0 Å². The van der Waals surface area contributed by atoms with E-state index >= 15 is 0 Å². The largest absolute Gasteiger partial charge is 0.496 e. The summed E-state index contributed by atoms with van der Waals surface area (Å²) >= 11 is 0. The van der Waals surface area contributed by atoms with Crippen LogP contribution in [0, 0.1) is 0 Å². The van der Waals surface area contributed by atoms with Gasteiger partial charge in [-0.2, -0.15) is 0 Å². The molecule has 7 heteroatoms. The molecule has 1 N–H and O–H groups in total. The minimum atomic E-state index is -3.33. The molecule has 1 aliphatic rings. The predicted molar refractivity (Wildman–Crippen MR) is 84.6 cm³/mol. The van der Waals surface area contributed by atoms with Gasteiger partial charge >= 0.3 is 0 Å². The Hall–Kier alpha value is -1.60. The normalized spacial score (nSPS) is 19.0. The summed E-state index contributed by atoms with van der Waals surface area (Å²) in [7, 11) is -1.75. The van der Waals surface area contributed by atoms with Gasteiger partial charge in [-0.1, -0.05) is 25.1 Å². The Morgan fingerprint density at radius 2 is 2.14 bits per heavy atom. The van der Waals surface area contributed by atoms with Gasteiger partial charge in [0.15, 0.2) is 9.84 Å². The fourth-order valence-corrected chi connectivity index (χ4v) is 3.34. The summed E-state index contributed by atoms with van der Waals surface area (Å²) in [5.74, 6) is -0.106. The van der Waals surface area contributed by atoms with Crippen molar-refractivity contribution in [1.82, 2.24) is 10.2 Å². The molecule has 1 heterocycles. The van der Waals surface area contributed by atoms with E-state index in [0.717, 1.165) is 5.56 Å². The van der Waals surface area contributed by atoms with E-state index in [-0.39, 0.29) is 17.7 Å². The molecule has 1 aliphatic heterocycles. The van der Waals surface area contributed by atoms with E-state index in [1.54, 1.807) is 18.9 Å². The molecule has 0 radical (unpaired) electrons. The van der Waals surface area contributed by atoms with Crippen molar-refractivity contribution < 1.29 is 17.9 Å². The number of benzene rings is 1. The monoisotopic (exact) mass is 326 g/mol. The lowest BCUT2D eigenvalue weighted by Crippen LogP contribution is -2.50. The molecule has 0 aliphatic carbocycles. The van der Waals surface area contributed by atoms with Gasteiger partial charge in [-0.25, -0.2) is 8.42 Å². The number of ether oxygens (including phenoxy) is 1. The Bertz CT molecular complexity index is 630. The summed E-state index contributed by atoms with van der Waals surface area (Å²) in [5.41, 5.74) is 0.888. The predicted octanol–water partition coefficient (Wildman–Crippen LogP) is 0.603. The number of hydrogen-bond acceptors (Lipinski definition) is 5. The topological polar surface area (TPSA) is 75.7 Å². The first-order valence-corrected chi connectivity index (χ1v) is 9.14. The molecule has 0 aromatic heterocycles. The first-order chi connectivity index (χ1) is 10.5. The van der Waals surface area contributed by atoms with Crippen molar-refractivity contribution >= 4 is 15.7 Å². The molecule has 1 amide bonds. The minimum Gasteiger partial charge on any atom is -0.496 e. The number of nitrogens with one attached hydrogen (secondary N) is 1. The van der Waals surface area contributed by atoms with Crippen LogP contribution in [0.2, 0.25) is 0 Å². The van der Waals surface area contributed by atoms with Crippen LogP contribution >= 0.6 is 0 Å². The molecule has 1 atom stereocenters. The zero-order valence-corrected chi connectivity index (χ0v) is 13.7. The number of carbonyl (C=O) groups excluding carboxylic acids is 1. The molecule has 1 fully saturated rings. The number of hydrogen-bond donors (Lipinski definition) is 1. The summed E-state index contributed by atoms with van der Waals surface area (Å²) in [6.45, 7) is 3.28. The number of rotatable bonds is 5. The lowest BCUT2D eigenvalue weighted by Gasteiger charge is -2.37. The lowest BCUT2D eigenvalue weighted by atomic mass is 10.0. The van der Waals surface area contributed by atoms with Gasteiger partial charge in [0, 0.05) is 31.0 Å². The van der Waals surface area contributed by atoms with E-state index in [9.17, 15) is 13.2 Å². The van der Waals surface area contributed by atoms with Crippen LogP contribution < -0.4 is 10.1 Å². The molecule has 1 saturated heterocycles. The molecule has 6 nitrogen and oxygen atoms in total. The second kappa shape index (κ2) is 7.11. The SMILES string of the molecule is CCS(=O)(=O)CC(=O)N1CCNCC1c1ccccc1OC. The number of nitrogens with zero attached hydrogens (tertiary/aromatic N) is 1. The maximum atomic E-state index is 12.4. The molecule has 0 saturated carbocycles. The van der Waals surface area contributed by atoms with Crippen LogP contribution in [0.25, 0.3) is 0 Å². The van der Waals surface area contributed by atoms with Gasteiger partial charge in [0.2, 0.25) is 5.91 Å². The quantitative estimate of drug-likeness (QED) is 0.858. The number of para-hydroxylation sites is 1. The number of amides is 1. The van der Waals surface area contributed by atoms with E-state index in [1.807, 2.05) is 24.3 Å². The summed E-state index contributed by atoms with van der Waals surface area (Å²) in [6.07, 6.45) is 0. The van der Waals surface area contributed by atoms with Crippen molar-refractivity contribution in [3.8, 4) is 5.75 Å². The molecule has 22 heavy (non-hydrogen) atoms. The first-order valence-electron chi connectivity index (χ1n) is 7.32. The van der Waals surface area contributed by atoms with Crippen molar-refractivity contribution in [2.75, 3.05) is 38.2 Å². The third-order valence-electron chi connectivity index (χ3n) is 3.84. The van der Waals surface area contributed by atoms with Crippen LogP contribution in [0.15, 0.2) is 24.3 Å². The third kappa shape index (κ3) is 3.78. The standard InChI is InChI=1S/C15H22N2O4S/c1-3-22(19,20)11-15(18)17-9-8-16-10-13(17)12-6-4-5-7-14(12)21-2/h4-7,13,16H,3,8-11H2,1-2H3. The van der Waals surface area contributed by atoms with Crippen LogP contribution in [0.1, 0.15) is 18.5 Å². The summed E-state index contributed by atoms with van der Waals surface area (Å²) in [4.78, 5) is 14.1. The smallest absolute Gasteiger partial charge is 0.238 e. The number of sulfone groups is 1. The van der Waals surface area contributed by atoms with Gasteiger partial charge in [0.1, 0.15) is 11.5 Å². The molecule has 1 aromatic rings. The second-order valence-corrected chi connectivity index (χ2v) is 7.58. The van der Waals surface area contributed by atoms with Crippen molar-refractivity contribution in [2.45, 2.75) is 13.0 Å². The third-order valence-corrected chi connectivity index (χ3v) is 5.41. The van der Waals surface area contributed by atoms with Crippen LogP contribution in [-0.4, -0.2) is 57.5 Å². The van der Waals surface area contributed by atoms with Gasteiger partial charge in [-0.05, 0) is 6.07 Å². The highest BCUT2D eigenvalue weighted by Crippen LogP contribution is 2.30. The van der Waals surface area contributed by atoms with Crippen LogP contribution in [0.5, 0.6) is 5.75 Å². The second-order valence-electron chi connectivity index (χ2n) is 5.23. The van der Waals surface area contributed by atoms with Gasteiger partial charge < -0.3 is 15.0 Å². The van der Waals surface area contributed by atoms with Crippen LogP contribution in [-0.2, 0) is 14.6 Å². The highest BCUT2D eigenvalue weighted by atomic mass is 32.2. The van der Waals surface area contributed by atoms with E-state index in [4.69, 9.17) is 4.74 Å². The Morgan fingerprint density at radius 3 is 2.82 bits per heavy atom. The van der Waals surface area contributed by atoms with Gasteiger partial charge in [-0.15, -0.1) is 0 Å². The Kier molecular flexibility index (Phi) is 5.42. The van der Waals surface area contributed by atoms with E-state index in [2.05, 4.69) is 5.32 Å². The van der Waals surface area contributed by atoms with Crippen LogP contribution in [0.3, 0.4) is 0 Å². The maximum absolute atomic E-state index is 12.4. The number of methoxy groups -OCH3 is 1. The Labute approximate surface area is 131 Å². The van der Waals surface area contributed by atoms with Crippen molar-refractivity contribution in [1.29, 1.82) is 0 Å². The van der Waals surface area contributed by atoms with Gasteiger partial charge in [0.25, 0.3) is 0 Å². The Morgan fingerprint density at radius 1 is 1.41 bits per heavy atom. The van der Waals surface area contributed by atoms with Gasteiger partial charge in [-0.3, -0.25) is 4.79 Å². The molecular formula is C15H22N2O4S. The molecule has 0 spiro atoms. The highest BCUT2D eigenvalue weighted by molar-refractivity contribution is 7.92. The fourth-order valence-electron chi connectivity index (χ4n) is 2.60. The Balaban J connectivity index is 2.27. The number of piperazine rings is 1. The summed E-state index contributed by atoms with van der Waals surface area (Å²) < 4.78 is 28.8. The van der Waals surface area contributed by atoms with E-state index < -0.39 is 15.6 Å². The molecule has 1 unspecified atom stereocenters. The first kappa shape index (κ1) is 16.8. The zero-order valence-electron chi connectivity index (χ0n) is 12.9. The lowest BCUT2D eigenvalue weighted by molar-refractivity contribution is -0.131. The summed E-state index contributed by atoms with van der Waals surface area (Å²) in [6, 6.07) is 7.29. The molecule has 0 bridgehead atoms. The van der Waals surface area contributed by atoms with Crippen LogP contribution in [0.4, 0.5) is 0 Å². The molecule has 2 rings (SSSR count). The van der Waals surface area contributed by atoms with E-state index in [1.165, 1.54) is 0 Å². The van der Waals surface area contributed by atoms with Crippen molar-refractivity contribution in [2.24, 2.45) is 0 Å². The molecule has 1 aromatic carbocycles. The minimum absolute atomic E-state index is 0.0237. The van der Waals surface area contributed by atoms with Gasteiger partial charge in [0.05, 0.1) is 13.2 Å². The average Bonchev–Trinajstić information content (AvgIpc) is 2.54. The van der Waals surface area contributed by atoms with Crippen molar-refractivity contribution in [3.05, 3.63) is 29.8 Å². The highest BCUT2D eigenvalue weighted by Gasteiger charge is 2.31. The fraction of sp³-hybridized carbons (Fsp3) is 0.533.